The topological polar surface area (TPSA) is 55.8 Å². The van der Waals surface area contributed by atoms with E-state index in [1.807, 2.05) is 24.0 Å². The van der Waals surface area contributed by atoms with E-state index < -0.39 is 0 Å². The molecule has 1 aromatic rings. The Hall–Kier alpha value is -1.75. The van der Waals surface area contributed by atoms with Crippen molar-refractivity contribution in [2.24, 2.45) is 0 Å². The second kappa shape index (κ2) is 8.56. The minimum atomic E-state index is 0.0670. The summed E-state index contributed by atoms with van der Waals surface area (Å²) < 4.78 is 0. The molecule has 0 saturated carbocycles. The van der Waals surface area contributed by atoms with Gasteiger partial charge < -0.3 is 15.3 Å². The number of phenolic OH excluding ortho intramolecular Hbond substituents is 1. The van der Waals surface area contributed by atoms with Crippen molar-refractivity contribution in [2.75, 3.05) is 26.2 Å². The fourth-order valence-electron chi connectivity index (χ4n) is 4.05. The summed E-state index contributed by atoms with van der Waals surface area (Å²) >= 11 is 0. The number of benzene rings is 1. The summed E-state index contributed by atoms with van der Waals surface area (Å²) in [4.78, 5) is 17.3. The number of likely N-dealkylation sites (tertiary alicyclic amines) is 2. The van der Waals surface area contributed by atoms with Crippen molar-refractivity contribution in [3.63, 3.8) is 0 Å². The number of rotatable bonds is 4. The number of nitrogens with zero attached hydrogens (tertiary/aromatic N) is 2. The van der Waals surface area contributed by atoms with Crippen LogP contribution in [0.4, 0.5) is 4.79 Å². The molecule has 0 radical (unpaired) electrons. The van der Waals surface area contributed by atoms with Gasteiger partial charge in [0.2, 0.25) is 0 Å². The average molecular weight is 345 g/mol. The van der Waals surface area contributed by atoms with Crippen molar-refractivity contribution in [1.29, 1.82) is 0 Å². The molecule has 0 bridgehead atoms. The van der Waals surface area contributed by atoms with Gasteiger partial charge in [-0.25, -0.2) is 4.79 Å². The molecule has 0 aromatic heterocycles. The van der Waals surface area contributed by atoms with E-state index in [1.54, 1.807) is 12.1 Å². The number of carbonyl (C=O) groups is 1. The van der Waals surface area contributed by atoms with Crippen LogP contribution in [0.15, 0.2) is 24.3 Å². The molecule has 5 heteroatoms. The minimum Gasteiger partial charge on any atom is -0.508 e. The number of carbonyl (C=O) groups excluding carboxylic acids is 1. The van der Waals surface area contributed by atoms with Crippen LogP contribution in [-0.2, 0) is 6.42 Å². The van der Waals surface area contributed by atoms with Crippen LogP contribution in [0.2, 0.25) is 0 Å². The SMILES string of the molecule is C[C@@H](Cc1ccc(O)cc1)NC(=O)N1CCCC[C@@H](N2CCCC2)C1. The Morgan fingerprint density at radius 3 is 2.56 bits per heavy atom. The van der Waals surface area contributed by atoms with E-state index in [0.29, 0.717) is 6.04 Å². The number of hydrogen-bond donors (Lipinski definition) is 2. The van der Waals surface area contributed by atoms with Gasteiger partial charge in [0.1, 0.15) is 5.75 Å². The zero-order valence-corrected chi connectivity index (χ0v) is 15.3. The second-order valence-electron chi connectivity index (χ2n) is 7.56. The predicted octanol–water partition coefficient (Wildman–Crippen LogP) is 2.98. The lowest BCUT2D eigenvalue weighted by molar-refractivity contribution is 0.164. The molecule has 2 aliphatic heterocycles. The summed E-state index contributed by atoms with van der Waals surface area (Å²) in [5.41, 5.74) is 1.12. The van der Waals surface area contributed by atoms with Gasteiger partial charge in [-0.1, -0.05) is 18.6 Å². The summed E-state index contributed by atoms with van der Waals surface area (Å²) in [5, 5.41) is 12.5. The normalized spacial score (nSPS) is 23.2. The van der Waals surface area contributed by atoms with E-state index in [2.05, 4.69) is 10.2 Å². The maximum Gasteiger partial charge on any atom is 0.317 e. The molecule has 138 valence electrons. The molecule has 1 aromatic carbocycles. The number of phenols is 1. The molecule has 2 N–H and O–H groups in total. The minimum absolute atomic E-state index is 0.0670. The number of nitrogens with one attached hydrogen (secondary N) is 1. The van der Waals surface area contributed by atoms with Gasteiger partial charge in [-0.2, -0.15) is 0 Å². The Morgan fingerprint density at radius 1 is 1.16 bits per heavy atom. The van der Waals surface area contributed by atoms with E-state index >= 15 is 0 Å². The first kappa shape index (κ1) is 18.1. The molecule has 2 saturated heterocycles. The molecular weight excluding hydrogens is 314 g/mol. The molecule has 5 nitrogen and oxygen atoms in total. The largest absolute Gasteiger partial charge is 0.508 e. The molecule has 2 atom stereocenters. The molecule has 2 aliphatic rings. The third-order valence-electron chi connectivity index (χ3n) is 5.44. The molecule has 3 rings (SSSR count). The third-order valence-corrected chi connectivity index (χ3v) is 5.44. The lowest BCUT2D eigenvalue weighted by Crippen LogP contribution is -2.49. The van der Waals surface area contributed by atoms with Gasteiger partial charge in [-0.15, -0.1) is 0 Å². The van der Waals surface area contributed by atoms with E-state index in [0.717, 1.165) is 31.5 Å². The highest BCUT2D eigenvalue weighted by Crippen LogP contribution is 2.20. The lowest BCUT2D eigenvalue weighted by Gasteiger charge is -2.31. The van der Waals surface area contributed by atoms with Gasteiger partial charge in [0.25, 0.3) is 0 Å². The van der Waals surface area contributed by atoms with Gasteiger partial charge in [0.15, 0.2) is 0 Å². The monoisotopic (exact) mass is 345 g/mol. The molecule has 2 heterocycles. The smallest absolute Gasteiger partial charge is 0.317 e. The Balaban J connectivity index is 1.52. The van der Waals surface area contributed by atoms with E-state index in [4.69, 9.17) is 0 Å². The Bertz CT molecular complexity index is 555. The van der Waals surface area contributed by atoms with E-state index in [-0.39, 0.29) is 17.8 Å². The van der Waals surface area contributed by atoms with Crippen LogP contribution in [0.25, 0.3) is 0 Å². The number of amides is 2. The molecule has 0 unspecified atom stereocenters. The molecule has 0 spiro atoms. The predicted molar refractivity (Wildman–Crippen MR) is 99.8 cm³/mol. The van der Waals surface area contributed by atoms with Crippen molar-refractivity contribution in [3.05, 3.63) is 29.8 Å². The molecule has 2 fully saturated rings. The molecule has 0 aliphatic carbocycles. The summed E-state index contributed by atoms with van der Waals surface area (Å²) in [7, 11) is 0. The summed E-state index contributed by atoms with van der Waals surface area (Å²) in [6, 6.07) is 7.88. The fourth-order valence-corrected chi connectivity index (χ4v) is 4.05. The van der Waals surface area contributed by atoms with Gasteiger partial charge in [0, 0.05) is 25.2 Å². The zero-order valence-electron chi connectivity index (χ0n) is 15.3. The molecule has 25 heavy (non-hydrogen) atoms. The van der Waals surface area contributed by atoms with Crippen molar-refractivity contribution >= 4 is 6.03 Å². The highest BCUT2D eigenvalue weighted by atomic mass is 16.3. The highest BCUT2D eigenvalue weighted by molar-refractivity contribution is 5.74. The highest BCUT2D eigenvalue weighted by Gasteiger charge is 2.28. The fraction of sp³-hybridized carbons (Fsp3) is 0.650. The average Bonchev–Trinajstić information content (AvgIpc) is 3.01. The van der Waals surface area contributed by atoms with Gasteiger partial charge in [0.05, 0.1) is 0 Å². The van der Waals surface area contributed by atoms with Gasteiger partial charge >= 0.3 is 6.03 Å². The first-order chi connectivity index (χ1) is 12.1. The summed E-state index contributed by atoms with van der Waals surface area (Å²) in [5.74, 6) is 0.276. The van der Waals surface area contributed by atoms with E-state index in [1.165, 1.54) is 38.8 Å². The summed E-state index contributed by atoms with van der Waals surface area (Å²) in [6.07, 6.45) is 6.90. The first-order valence-corrected chi connectivity index (χ1v) is 9.69. The number of aromatic hydroxyl groups is 1. The Kier molecular flexibility index (Phi) is 6.19. The van der Waals surface area contributed by atoms with Crippen LogP contribution in [0.5, 0.6) is 5.75 Å². The van der Waals surface area contributed by atoms with Crippen molar-refractivity contribution < 1.29 is 9.90 Å². The van der Waals surface area contributed by atoms with Gasteiger partial charge in [-0.3, -0.25) is 4.90 Å². The molecule has 2 amide bonds. The van der Waals surface area contributed by atoms with Crippen molar-refractivity contribution in [2.45, 2.75) is 57.5 Å². The van der Waals surface area contributed by atoms with Crippen LogP contribution >= 0.6 is 0 Å². The van der Waals surface area contributed by atoms with Crippen LogP contribution < -0.4 is 5.32 Å². The second-order valence-corrected chi connectivity index (χ2v) is 7.56. The Morgan fingerprint density at radius 2 is 1.84 bits per heavy atom. The maximum absolute atomic E-state index is 12.7. The van der Waals surface area contributed by atoms with Gasteiger partial charge in [-0.05, 0) is 69.8 Å². The van der Waals surface area contributed by atoms with Crippen LogP contribution in [0.1, 0.15) is 44.6 Å². The Labute approximate surface area is 151 Å². The lowest BCUT2D eigenvalue weighted by atomic mass is 10.1. The summed E-state index contributed by atoms with van der Waals surface area (Å²) in [6.45, 7) is 6.15. The first-order valence-electron chi connectivity index (χ1n) is 9.69. The van der Waals surface area contributed by atoms with Crippen LogP contribution in [0.3, 0.4) is 0 Å². The zero-order chi connectivity index (χ0) is 17.6. The quantitative estimate of drug-likeness (QED) is 0.882. The van der Waals surface area contributed by atoms with Crippen molar-refractivity contribution in [1.82, 2.24) is 15.1 Å². The molecular formula is C20H31N3O2. The number of hydrogen-bond acceptors (Lipinski definition) is 3. The third kappa shape index (κ3) is 5.11. The van der Waals surface area contributed by atoms with Crippen LogP contribution in [0, 0.1) is 0 Å². The van der Waals surface area contributed by atoms with Crippen LogP contribution in [-0.4, -0.2) is 59.2 Å². The standard InChI is InChI=1S/C20H31N3O2/c1-16(14-17-7-9-19(24)10-8-17)21-20(25)23-13-3-2-6-18(15-23)22-11-4-5-12-22/h7-10,16,18,24H,2-6,11-15H2,1H3,(H,21,25)/t16-,18+/m0/s1. The van der Waals surface area contributed by atoms with E-state index in [9.17, 15) is 9.90 Å². The number of urea groups is 1. The van der Waals surface area contributed by atoms with Crippen molar-refractivity contribution in [3.8, 4) is 5.75 Å². The maximum atomic E-state index is 12.7.